The van der Waals surface area contributed by atoms with Crippen molar-refractivity contribution < 1.29 is 13.6 Å². The molecular formula is C19H19FN2O2. The minimum atomic E-state index is -0.284. The van der Waals surface area contributed by atoms with Gasteiger partial charge in [0, 0.05) is 24.9 Å². The Balaban J connectivity index is 1.36. The van der Waals surface area contributed by atoms with Crippen LogP contribution in [0, 0.1) is 5.82 Å². The van der Waals surface area contributed by atoms with Crippen LogP contribution in [0.15, 0.2) is 59.0 Å². The number of halogens is 1. The van der Waals surface area contributed by atoms with E-state index in [9.17, 15) is 9.18 Å². The molecule has 0 aliphatic heterocycles. The van der Waals surface area contributed by atoms with Gasteiger partial charge in [0.1, 0.15) is 17.2 Å². The van der Waals surface area contributed by atoms with Crippen LogP contribution in [0.2, 0.25) is 0 Å². The van der Waals surface area contributed by atoms with Crippen molar-refractivity contribution in [1.29, 1.82) is 0 Å². The van der Waals surface area contributed by atoms with Gasteiger partial charge in [0.25, 0.3) is 0 Å². The van der Waals surface area contributed by atoms with Gasteiger partial charge in [0.15, 0.2) is 0 Å². The molecule has 1 aromatic heterocycles. The van der Waals surface area contributed by atoms with Gasteiger partial charge >= 0.3 is 6.03 Å². The molecule has 124 valence electrons. The summed E-state index contributed by atoms with van der Waals surface area (Å²) < 4.78 is 18.5. The minimum absolute atomic E-state index is 0.232. The molecule has 0 radical (unpaired) electrons. The number of rotatable bonds is 6. The van der Waals surface area contributed by atoms with Crippen molar-refractivity contribution in [2.24, 2.45) is 0 Å². The Bertz CT molecular complexity index is 779. The number of aryl methyl sites for hydroxylation is 1. The maximum atomic E-state index is 12.8. The van der Waals surface area contributed by atoms with E-state index >= 15 is 0 Å². The van der Waals surface area contributed by atoms with Crippen molar-refractivity contribution in [3.8, 4) is 0 Å². The molecule has 2 amide bonds. The third-order valence-corrected chi connectivity index (χ3v) is 3.73. The lowest BCUT2D eigenvalue weighted by Crippen LogP contribution is -2.35. The molecule has 0 aliphatic rings. The van der Waals surface area contributed by atoms with Crippen LogP contribution >= 0.6 is 0 Å². The molecule has 3 aromatic rings. The van der Waals surface area contributed by atoms with Gasteiger partial charge in [-0.2, -0.15) is 0 Å². The van der Waals surface area contributed by atoms with Gasteiger partial charge in [0.2, 0.25) is 0 Å². The summed E-state index contributed by atoms with van der Waals surface area (Å²) in [6.45, 7) is 0.933. The van der Waals surface area contributed by atoms with Crippen molar-refractivity contribution in [3.05, 3.63) is 71.7 Å². The van der Waals surface area contributed by atoms with Crippen molar-refractivity contribution in [2.45, 2.75) is 19.4 Å². The molecule has 0 saturated heterocycles. The average Bonchev–Trinajstić information content (AvgIpc) is 3.01. The zero-order valence-electron chi connectivity index (χ0n) is 13.2. The highest BCUT2D eigenvalue weighted by Gasteiger charge is 2.04. The monoisotopic (exact) mass is 326 g/mol. The molecule has 0 aliphatic carbocycles. The summed E-state index contributed by atoms with van der Waals surface area (Å²) >= 11 is 0. The number of benzene rings is 2. The molecule has 3 rings (SSSR count). The predicted molar refractivity (Wildman–Crippen MR) is 91.2 cm³/mol. The van der Waals surface area contributed by atoms with E-state index in [0.717, 1.165) is 35.1 Å². The number of hydrogen-bond acceptors (Lipinski definition) is 2. The number of hydrogen-bond donors (Lipinski definition) is 2. The van der Waals surface area contributed by atoms with Crippen LogP contribution < -0.4 is 10.6 Å². The molecule has 0 bridgehead atoms. The van der Waals surface area contributed by atoms with Crippen molar-refractivity contribution >= 4 is 17.0 Å². The maximum absolute atomic E-state index is 12.8. The molecule has 0 unspecified atom stereocenters. The fourth-order valence-electron chi connectivity index (χ4n) is 2.47. The van der Waals surface area contributed by atoms with Crippen molar-refractivity contribution in [3.63, 3.8) is 0 Å². The molecule has 0 fully saturated rings. The number of para-hydroxylation sites is 1. The second-order valence-electron chi connectivity index (χ2n) is 5.59. The fourth-order valence-corrected chi connectivity index (χ4v) is 2.47. The lowest BCUT2D eigenvalue weighted by molar-refractivity contribution is 0.240. The molecule has 5 heteroatoms. The van der Waals surface area contributed by atoms with Crippen molar-refractivity contribution in [1.82, 2.24) is 10.6 Å². The summed E-state index contributed by atoms with van der Waals surface area (Å²) in [5, 5.41) is 6.64. The van der Waals surface area contributed by atoms with E-state index < -0.39 is 0 Å². The molecule has 4 nitrogen and oxygen atoms in total. The summed E-state index contributed by atoms with van der Waals surface area (Å²) in [4.78, 5) is 11.7. The van der Waals surface area contributed by atoms with Gasteiger partial charge in [0.05, 0.1) is 0 Å². The third-order valence-electron chi connectivity index (χ3n) is 3.73. The Morgan fingerprint density at radius 1 is 1.04 bits per heavy atom. The Morgan fingerprint density at radius 2 is 1.83 bits per heavy atom. The SMILES string of the molecule is O=C(NCCCc1cc2ccccc2o1)NCc1ccc(F)cc1. The molecule has 0 saturated carbocycles. The summed E-state index contributed by atoms with van der Waals surface area (Å²) in [5.74, 6) is 0.638. The molecule has 2 N–H and O–H groups in total. The highest BCUT2D eigenvalue weighted by Crippen LogP contribution is 2.19. The first kappa shape index (κ1) is 16.1. The Hall–Kier alpha value is -2.82. The largest absolute Gasteiger partial charge is 0.461 e. The lowest BCUT2D eigenvalue weighted by atomic mass is 10.2. The minimum Gasteiger partial charge on any atom is -0.461 e. The first-order valence-corrected chi connectivity index (χ1v) is 7.94. The van der Waals surface area contributed by atoms with E-state index in [4.69, 9.17) is 4.42 Å². The molecule has 1 heterocycles. The second-order valence-corrected chi connectivity index (χ2v) is 5.59. The second kappa shape index (κ2) is 7.64. The van der Waals surface area contributed by atoms with E-state index in [-0.39, 0.29) is 11.8 Å². The first-order valence-electron chi connectivity index (χ1n) is 7.94. The van der Waals surface area contributed by atoms with Gasteiger partial charge in [-0.3, -0.25) is 0 Å². The van der Waals surface area contributed by atoms with E-state index in [1.54, 1.807) is 12.1 Å². The summed E-state index contributed by atoms with van der Waals surface area (Å²) in [7, 11) is 0. The van der Waals surface area contributed by atoms with E-state index in [1.807, 2.05) is 30.3 Å². The molecule has 0 atom stereocenters. The van der Waals surface area contributed by atoms with Crippen LogP contribution in [0.25, 0.3) is 11.0 Å². The number of nitrogens with one attached hydrogen (secondary N) is 2. The molecular weight excluding hydrogens is 307 g/mol. The normalized spacial score (nSPS) is 10.7. The number of urea groups is 1. The van der Waals surface area contributed by atoms with Crippen LogP contribution in [-0.4, -0.2) is 12.6 Å². The summed E-state index contributed by atoms with van der Waals surface area (Å²) in [6, 6.07) is 15.7. The van der Waals surface area contributed by atoms with Crippen LogP contribution in [-0.2, 0) is 13.0 Å². The zero-order valence-corrected chi connectivity index (χ0v) is 13.2. The standard InChI is InChI=1S/C19H19FN2O2/c20-16-9-7-14(8-10-16)13-22-19(23)21-11-3-5-17-12-15-4-1-2-6-18(15)24-17/h1-2,4,6-10,12H,3,5,11,13H2,(H2,21,22,23). The number of fused-ring (bicyclic) bond motifs is 1. The van der Waals surface area contributed by atoms with Crippen LogP contribution in [0.3, 0.4) is 0 Å². The van der Waals surface area contributed by atoms with Gasteiger partial charge in [-0.05, 0) is 36.2 Å². The molecule has 0 spiro atoms. The summed E-state index contributed by atoms with van der Waals surface area (Å²) in [5.41, 5.74) is 1.74. The zero-order chi connectivity index (χ0) is 16.8. The number of amides is 2. The highest BCUT2D eigenvalue weighted by atomic mass is 19.1. The lowest BCUT2D eigenvalue weighted by Gasteiger charge is -2.07. The predicted octanol–water partition coefficient (Wildman–Crippen LogP) is 4.00. The van der Waals surface area contributed by atoms with Gasteiger partial charge < -0.3 is 15.1 Å². The molecule has 24 heavy (non-hydrogen) atoms. The summed E-state index contributed by atoms with van der Waals surface area (Å²) in [6.07, 6.45) is 1.57. The molecule has 2 aromatic carbocycles. The maximum Gasteiger partial charge on any atom is 0.315 e. The van der Waals surface area contributed by atoms with Crippen LogP contribution in [0.1, 0.15) is 17.7 Å². The van der Waals surface area contributed by atoms with E-state index in [0.29, 0.717) is 13.1 Å². The van der Waals surface area contributed by atoms with Crippen molar-refractivity contribution in [2.75, 3.05) is 6.54 Å². The first-order chi connectivity index (χ1) is 11.7. The Labute approximate surface area is 139 Å². The van der Waals surface area contributed by atoms with Gasteiger partial charge in [-0.25, -0.2) is 9.18 Å². The van der Waals surface area contributed by atoms with Crippen LogP contribution in [0.4, 0.5) is 9.18 Å². The Kier molecular flexibility index (Phi) is 5.11. The van der Waals surface area contributed by atoms with Gasteiger partial charge in [-0.15, -0.1) is 0 Å². The number of carbonyl (C=O) groups is 1. The van der Waals surface area contributed by atoms with E-state index in [1.165, 1.54) is 12.1 Å². The Morgan fingerprint density at radius 3 is 2.62 bits per heavy atom. The smallest absolute Gasteiger partial charge is 0.315 e. The quantitative estimate of drug-likeness (QED) is 0.673. The third kappa shape index (κ3) is 4.35. The number of furan rings is 1. The van der Waals surface area contributed by atoms with Crippen LogP contribution in [0.5, 0.6) is 0 Å². The number of carbonyl (C=O) groups excluding carboxylic acids is 1. The van der Waals surface area contributed by atoms with Gasteiger partial charge in [-0.1, -0.05) is 30.3 Å². The van der Waals surface area contributed by atoms with E-state index in [2.05, 4.69) is 10.6 Å². The average molecular weight is 326 g/mol. The topological polar surface area (TPSA) is 54.3 Å². The highest BCUT2D eigenvalue weighted by molar-refractivity contribution is 5.77. The fraction of sp³-hybridized carbons (Fsp3) is 0.211.